The van der Waals surface area contributed by atoms with Gasteiger partial charge in [0.1, 0.15) is 5.75 Å². The molecule has 0 amide bonds. The van der Waals surface area contributed by atoms with Crippen LogP contribution in [0.2, 0.25) is 0 Å². The molecule has 5 heteroatoms. The minimum atomic E-state index is 0.576. The summed E-state index contributed by atoms with van der Waals surface area (Å²) in [6.07, 6.45) is 1.78. The number of nitrogens with one attached hydrogen (secondary N) is 1. The highest BCUT2D eigenvalue weighted by Crippen LogP contribution is 2.35. The summed E-state index contributed by atoms with van der Waals surface area (Å²) in [5, 5.41) is 4.40. The number of hydrogen-bond donors (Lipinski definition) is 1. The second kappa shape index (κ2) is 7.75. The fourth-order valence-electron chi connectivity index (χ4n) is 2.63. The molecule has 0 unspecified atom stereocenters. The molecule has 0 aliphatic heterocycles. The molecule has 0 bridgehead atoms. The Labute approximate surface area is 147 Å². The molecule has 1 aromatic heterocycles. The van der Waals surface area contributed by atoms with E-state index in [1.54, 1.807) is 13.3 Å². The van der Waals surface area contributed by atoms with Crippen LogP contribution in [0.15, 0.2) is 48.7 Å². The van der Waals surface area contributed by atoms with E-state index in [0.717, 1.165) is 33.8 Å². The average molecular weight is 338 g/mol. The van der Waals surface area contributed by atoms with E-state index in [1.807, 2.05) is 56.3 Å². The van der Waals surface area contributed by atoms with Gasteiger partial charge < -0.3 is 19.5 Å². The van der Waals surface area contributed by atoms with Gasteiger partial charge in [-0.2, -0.15) is 0 Å². The first-order valence-electron chi connectivity index (χ1n) is 8.34. The van der Waals surface area contributed by atoms with Crippen molar-refractivity contribution in [3.05, 3.63) is 48.7 Å². The summed E-state index contributed by atoms with van der Waals surface area (Å²) < 4.78 is 16.6. The number of benzene rings is 2. The molecule has 0 aliphatic carbocycles. The second-order valence-electron chi connectivity index (χ2n) is 5.39. The first-order valence-corrected chi connectivity index (χ1v) is 8.34. The predicted molar refractivity (Wildman–Crippen MR) is 100 cm³/mol. The van der Waals surface area contributed by atoms with Gasteiger partial charge in [-0.15, -0.1) is 0 Å². The van der Waals surface area contributed by atoms with Crippen LogP contribution >= 0.6 is 0 Å². The maximum Gasteiger partial charge on any atom is 0.163 e. The minimum Gasteiger partial charge on any atom is -0.497 e. The fraction of sp³-hybridized carbons (Fsp3) is 0.250. The monoisotopic (exact) mass is 338 g/mol. The van der Waals surface area contributed by atoms with Crippen molar-refractivity contribution in [1.29, 1.82) is 0 Å². The maximum absolute atomic E-state index is 5.74. The lowest BCUT2D eigenvalue weighted by Gasteiger charge is -2.14. The normalized spacial score (nSPS) is 10.5. The van der Waals surface area contributed by atoms with Crippen LogP contribution in [0.3, 0.4) is 0 Å². The molecule has 130 valence electrons. The Hall–Kier alpha value is -2.95. The highest BCUT2D eigenvalue weighted by atomic mass is 16.5. The largest absolute Gasteiger partial charge is 0.497 e. The summed E-state index contributed by atoms with van der Waals surface area (Å²) in [6, 6.07) is 13.6. The van der Waals surface area contributed by atoms with Crippen LogP contribution in [-0.4, -0.2) is 25.3 Å². The molecule has 1 N–H and O–H groups in total. The van der Waals surface area contributed by atoms with Gasteiger partial charge in [-0.05, 0) is 50.2 Å². The van der Waals surface area contributed by atoms with Gasteiger partial charge in [0, 0.05) is 29.0 Å². The molecule has 0 fully saturated rings. The summed E-state index contributed by atoms with van der Waals surface area (Å²) in [7, 11) is 1.66. The Morgan fingerprint density at radius 2 is 1.60 bits per heavy atom. The Bertz CT molecular complexity index is 847. The summed E-state index contributed by atoms with van der Waals surface area (Å²) >= 11 is 0. The molecule has 5 nitrogen and oxygen atoms in total. The molecule has 0 spiro atoms. The van der Waals surface area contributed by atoms with E-state index in [4.69, 9.17) is 14.2 Å². The van der Waals surface area contributed by atoms with E-state index in [1.165, 1.54) is 0 Å². The van der Waals surface area contributed by atoms with Crippen molar-refractivity contribution in [2.75, 3.05) is 25.6 Å². The van der Waals surface area contributed by atoms with Crippen LogP contribution in [0.4, 0.5) is 11.4 Å². The van der Waals surface area contributed by atoms with E-state index in [2.05, 4.69) is 10.3 Å². The minimum absolute atomic E-state index is 0.576. The Kier molecular flexibility index (Phi) is 5.23. The Morgan fingerprint density at radius 1 is 0.920 bits per heavy atom. The number of nitrogens with zero attached hydrogens (tertiary/aromatic N) is 1. The van der Waals surface area contributed by atoms with Gasteiger partial charge in [-0.3, -0.25) is 4.98 Å². The van der Waals surface area contributed by atoms with Crippen molar-refractivity contribution >= 4 is 22.3 Å². The average Bonchev–Trinajstić information content (AvgIpc) is 2.64. The van der Waals surface area contributed by atoms with Gasteiger partial charge in [0.05, 0.1) is 25.8 Å². The number of hydrogen-bond acceptors (Lipinski definition) is 5. The van der Waals surface area contributed by atoms with Crippen molar-refractivity contribution in [1.82, 2.24) is 4.98 Å². The predicted octanol–water partition coefficient (Wildman–Crippen LogP) is 4.78. The van der Waals surface area contributed by atoms with Gasteiger partial charge in [-0.25, -0.2) is 0 Å². The maximum atomic E-state index is 5.74. The molecule has 2 aromatic carbocycles. The lowest BCUT2D eigenvalue weighted by molar-refractivity contribution is 0.288. The number of ether oxygens (including phenoxy) is 3. The number of fused-ring (bicyclic) bond motifs is 1. The van der Waals surface area contributed by atoms with Crippen molar-refractivity contribution in [3.63, 3.8) is 0 Å². The summed E-state index contributed by atoms with van der Waals surface area (Å²) in [5.74, 6) is 2.26. The van der Waals surface area contributed by atoms with Crippen LogP contribution in [0.5, 0.6) is 17.2 Å². The molecule has 25 heavy (non-hydrogen) atoms. The van der Waals surface area contributed by atoms with Crippen LogP contribution in [-0.2, 0) is 0 Å². The molecular formula is C20H22N2O3. The summed E-state index contributed by atoms with van der Waals surface area (Å²) in [6.45, 7) is 5.07. The van der Waals surface area contributed by atoms with E-state index in [-0.39, 0.29) is 0 Å². The molecule has 3 rings (SSSR count). The lowest BCUT2D eigenvalue weighted by atomic mass is 10.1. The number of aromatic nitrogens is 1. The van der Waals surface area contributed by atoms with Gasteiger partial charge in [0.15, 0.2) is 11.5 Å². The number of rotatable bonds is 7. The summed E-state index contributed by atoms with van der Waals surface area (Å²) in [5.41, 5.74) is 2.78. The topological polar surface area (TPSA) is 52.6 Å². The highest BCUT2D eigenvalue weighted by molar-refractivity contribution is 5.95. The third-order valence-corrected chi connectivity index (χ3v) is 3.78. The molecule has 0 saturated carbocycles. The second-order valence-corrected chi connectivity index (χ2v) is 5.39. The zero-order valence-electron chi connectivity index (χ0n) is 14.7. The van der Waals surface area contributed by atoms with Crippen LogP contribution < -0.4 is 19.5 Å². The molecule has 0 saturated heterocycles. The van der Waals surface area contributed by atoms with E-state index < -0.39 is 0 Å². The van der Waals surface area contributed by atoms with Crippen molar-refractivity contribution in [2.24, 2.45) is 0 Å². The Morgan fingerprint density at radius 3 is 2.24 bits per heavy atom. The van der Waals surface area contributed by atoms with Gasteiger partial charge in [0.2, 0.25) is 0 Å². The van der Waals surface area contributed by atoms with Crippen molar-refractivity contribution in [3.8, 4) is 17.2 Å². The summed E-state index contributed by atoms with van der Waals surface area (Å²) in [4.78, 5) is 4.46. The third-order valence-electron chi connectivity index (χ3n) is 3.78. The molecule has 0 atom stereocenters. The number of anilines is 2. The van der Waals surface area contributed by atoms with Crippen LogP contribution in [0, 0.1) is 0 Å². The molecular weight excluding hydrogens is 316 g/mol. The third kappa shape index (κ3) is 3.76. The fourth-order valence-corrected chi connectivity index (χ4v) is 2.63. The first kappa shape index (κ1) is 16.9. The highest BCUT2D eigenvalue weighted by Gasteiger charge is 2.11. The van der Waals surface area contributed by atoms with Crippen LogP contribution in [0.25, 0.3) is 10.9 Å². The van der Waals surface area contributed by atoms with Crippen LogP contribution in [0.1, 0.15) is 13.8 Å². The molecule has 3 aromatic rings. The lowest BCUT2D eigenvalue weighted by Crippen LogP contribution is -2.00. The van der Waals surface area contributed by atoms with Crippen molar-refractivity contribution < 1.29 is 14.2 Å². The van der Waals surface area contributed by atoms with Gasteiger partial charge in [-0.1, -0.05) is 0 Å². The van der Waals surface area contributed by atoms with Gasteiger partial charge in [0.25, 0.3) is 0 Å². The van der Waals surface area contributed by atoms with E-state index in [0.29, 0.717) is 19.0 Å². The number of methoxy groups -OCH3 is 1. The SMILES string of the molecule is CCOc1cc2nccc(Nc3ccc(OC)cc3)c2cc1OCC. The zero-order valence-corrected chi connectivity index (χ0v) is 14.7. The smallest absolute Gasteiger partial charge is 0.163 e. The van der Waals surface area contributed by atoms with E-state index >= 15 is 0 Å². The first-order chi connectivity index (χ1) is 12.2. The van der Waals surface area contributed by atoms with E-state index in [9.17, 15) is 0 Å². The molecule has 1 heterocycles. The Balaban J connectivity index is 2.00. The van der Waals surface area contributed by atoms with Gasteiger partial charge >= 0.3 is 0 Å². The molecule has 0 aliphatic rings. The van der Waals surface area contributed by atoms with Crippen molar-refractivity contribution in [2.45, 2.75) is 13.8 Å². The standard InChI is InChI=1S/C20H22N2O3/c1-4-24-19-12-16-17(22-14-6-8-15(23-3)9-7-14)10-11-21-18(16)13-20(19)25-5-2/h6-13H,4-5H2,1-3H3,(H,21,22). The quantitative estimate of drug-likeness (QED) is 0.671. The zero-order chi connectivity index (χ0) is 17.6. The number of pyridine rings is 1. The molecule has 0 radical (unpaired) electrons.